The molecule has 1 aromatic rings. The number of piperidine rings is 1. The normalized spacial score (nSPS) is 15.7. The molecule has 0 saturated carbocycles. The summed E-state index contributed by atoms with van der Waals surface area (Å²) >= 11 is 0. The summed E-state index contributed by atoms with van der Waals surface area (Å²) in [4.78, 5) is 24.7. The number of carbonyl (C=O) groups is 2. The Kier molecular flexibility index (Phi) is 7.06. The van der Waals surface area contributed by atoms with E-state index in [2.05, 4.69) is 0 Å². The first-order valence-corrected chi connectivity index (χ1v) is 9.55. The number of carboxylic acids is 1. The van der Waals surface area contributed by atoms with E-state index in [1.54, 1.807) is 12.1 Å². The third kappa shape index (κ3) is 6.70. The number of carboxylic acid groups (broad SMARTS) is 1. The molecule has 1 aliphatic rings. The van der Waals surface area contributed by atoms with Crippen molar-refractivity contribution in [1.29, 1.82) is 0 Å². The van der Waals surface area contributed by atoms with Crippen molar-refractivity contribution in [3.63, 3.8) is 0 Å². The van der Waals surface area contributed by atoms with Gasteiger partial charge in [0, 0.05) is 13.1 Å². The minimum absolute atomic E-state index is 0.194. The number of benzene rings is 1. The van der Waals surface area contributed by atoms with E-state index in [0.717, 1.165) is 45.2 Å². The Labute approximate surface area is 156 Å². The van der Waals surface area contributed by atoms with Gasteiger partial charge in [-0.05, 0) is 70.1 Å². The largest absolute Gasteiger partial charge is 0.478 e. The van der Waals surface area contributed by atoms with E-state index in [-0.39, 0.29) is 6.09 Å². The standard InChI is InChI=1S/C21H31NO4/c1-21(2,3)26-20(25)22-14-12-17(13-15-22)7-5-4-6-16-8-10-18(11-9-16)19(23)24/h8-11,17H,4-7,12-15H2,1-3H3,(H,23,24). The van der Waals surface area contributed by atoms with Crippen LogP contribution in [-0.4, -0.2) is 40.8 Å². The van der Waals surface area contributed by atoms with Crippen LogP contribution in [0.1, 0.15) is 68.8 Å². The molecule has 0 aromatic heterocycles. The number of hydrogen-bond donors (Lipinski definition) is 1. The number of aryl methyl sites for hydroxylation is 1. The van der Waals surface area contributed by atoms with Crippen molar-refractivity contribution in [1.82, 2.24) is 4.90 Å². The van der Waals surface area contributed by atoms with Crippen LogP contribution in [0.15, 0.2) is 24.3 Å². The lowest BCUT2D eigenvalue weighted by Gasteiger charge is -2.33. The average Bonchev–Trinajstić information content (AvgIpc) is 2.58. The zero-order valence-electron chi connectivity index (χ0n) is 16.2. The number of nitrogens with zero attached hydrogens (tertiary/aromatic N) is 1. The maximum absolute atomic E-state index is 12.1. The van der Waals surface area contributed by atoms with E-state index < -0.39 is 11.6 Å². The van der Waals surface area contributed by atoms with E-state index in [1.807, 2.05) is 37.8 Å². The van der Waals surface area contributed by atoms with Crippen molar-refractivity contribution in [2.45, 2.75) is 64.9 Å². The molecule has 0 aliphatic carbocycles. The molecule has 1 fully saturated rings. The second kappa shape index (κ2) is 9.06. The highest BCUT2D eigenvalue weighted by Gasteiger charge is 2.26. The molecule has 1 amide bonds. The molecule has 1 aliphatic heterocycles. The van der Waals surface area contributed by atoms with Gasteiger partial charge in [0.25, 0.3) is 0 Å². The summed E-state index contributed by atoms with van der Waals surface area (Å²) in [6.07, 6.45) is 6.35. The van der Waals surface area contributed by atoms with E-state index in [1.165, 1.54) is 12.0 Å². The Morgan fingerprint density at radius 1 is 1.12 bits per heavy atom. The van der Waals surface area contributed by atoms with Crippen LogP contribution in [-0.2, 0) is 11.2 Å². The molecule has 0 spiro atoms. The highest BCUT2D eigenvalue weighted by Crippen LogP contribution is 2.24. The van der Waals surface area contributed by atoms with Gasteiger partial charge >= 0.3 is 12.1 Å². The minimum Gasteiger partial charge on any atom is -0.478 e. The maximum atomic E-state index is 12.1. The molecule has 0 radical (unpaired) electrons. The lowest BCUT2D eigenvalue weighted by molar-refractivity contribution is 0.0180. The van der Waals surface area contributed by atoms with Gasteiger partial charge in [0.2, 0.25) is 0 Å². The molecule has 1 aromatic carbocycles. The molecule has 2 rings (SSSR count). The van der Waals surface area contributed by atoms with Gasteiger partial charge < -0.3 is 14.7 Å². The molecule has 5 heteroatoms. The van der Waals surface area contributed by atoms with Crippen LogP contribution in [0, 0.1) is 5.92 Å². The summed E-state index contributed by atoms with van der Waals surface area (Å²) in [7, 11) is 0. The SMILES string of the molecule is CC(C)(C)OC(=O)N1CCC(CCCCc2ccc(C(=O)O)cc2)CC1. The van der Waals surface area contributed by atoms with Gasteiger partial charge in [-0.2, -0.15) is 0 Å². The predicted octanol–water partition coefficient (Wildman–Crippen LogP) is 4.74. The summed E-state index contributed by atoms with van der Waals surface area (Å²) < 4.78 is 5.43. The number of ether oxygens (including phenoxy) is 1. The summed E-state index contributed by atoms with van der Waals surface area (Å²) in [5.41, 5.74) is 1.09. The van der Waals surface area contributed by atoms with Crippen LogP contribution in [0.5, 0.6) is 0 Å². The van der Waals surface area contributed by atoms with Crippen LogP contribution < -0.4 is 0 Å². The summed E-state index contributed by atoms with van der Waals surface area (Å²) in [6, 6.07) is 7.15. The van der Waals surface area contributed by atoms with E-state index in [0.29, 0.717) is 11.5 Å². The van der Waals surface area contributed by atoms with Crippen molar-refractivity contribution >= 4 is 12.1 Å². The van der Waals surface area contributed by atoms with Gasteiger partial charge in [-0.3, -0.25) is 0 Å². The number of carbonyl (C=O) groups excluding carboxylic acids is 1. The summed E-state index contributed by atoms with van der Waals surface area (Å²) in [5.74, 6) is -0.197. The van der Waals surface area contributed by atoms with Crippen molar-refractivity contribution < 1.29 is 19.4 Å². The minimum atomic E-state index is -0.880. The van der Waals surface area contributed by atoms with Crippen LogP contribution in [0.25, 0.3) is 0 Å². The van der Waals surface area contributed by atoms with Crippen molar-refractivity contribution in [3.8, 4) is 0 Å². The number of amides is 1. The first-order valence-electron chi connectivity index (χ1n) is 9.55. The molecule has 1 heterocycles. The van der Waals surface area contributed by atoms with Gasteiger partial charge in [-0.1, -0.05) is 25.0 Å². The van der Waals surface area contributed by atoms with Crippen molar-refractivity contribution in [2.75, 3.05) is 13.1 Å². The molecule has 26 heavy (non-hydrogen) atoms. The average molecular weight is 361 g/mol. The van der Waals surface area contributed by atoms with E-state index in [9.17, 15) is 9.59 Å². The highest BCUT2D eigenvalue weighted by atomic mass is 16.6. The quantitative estimate of drug-likeness (QED) is 0.743. The smallest absolute Gasteiger partial charge is 0.410 e. The summed E-state index contributed by atoms with van der Waals surface area (Å²) in [5, 5.41) is 8.91. The molecule has 5 nitrogen and oxygen atoms in total. The van der Waals surface area contributed by atoms with Gasteiger partial charge in [-0.15, -0.1) is 0 Å². The molecular formula is C21H31NO4. The Morgan fingerprint density at radius 3 is 2.27 bits per heavy atom. The van der Waals surface area contributed by atoms with Crippen molar-refractivity contribution in [3.05, 3.63) is 35.4 Å². The molecule has 0 unspecified atom stereocenters. The Morgan fingerprint density at radius 2 is 1.73 bits per heavy atom. The second-order valence-corrected chi connectivity index (χ2v) is 8.16. The molecule has 144 valence electrons. The second-order valence-electron chi connectivity index (χ2n) is 8.16. The number of unbranched alkanes of at least 4 members (excludes halogenated alkanes) is 1. The molecule has 1 N–H and O–H groups in total. The van der Waals surface area contributed by atoms with Crippen LogP contribution in [0.2, 0.25) is 0 Å². The number of likely N-dealkylation sites (tertiary alicyclic amines) is 1. The first kappa shape index (κ1) is 20.3. The number of aromatic carboxylic acids is 1. The first-order chi connectivity index (χ1) is 12.2. The highest BCUT2D eigenvalue weighted by molar-refractivity contribution is 5.87. The molecular weight excluding hydrogens is 330 g/mol. The van der Waals surface area contributed by atoms with Gasteiger partial charge in [0.05, 0.1) is 5.56 Å². The van der Waals surface area contributed by atoms with Gasteiger partial charge in [0.1, 0.15) is 5.60 Å². The number of rotatable bonds is 6. The fraction of sp³-hybridized carbons (Fsp3) is 0.619. The van der Waals surface area contributed by atoms with Crippen LogP contribution in [0.4, 0.5) is 4.79 Å². The Balaban J connectivity index is 1.63. The fourth-order valence-electron chi connectivity index (χ4n) is 3.31. The zero-order chi connectivity index (χ0) is 19.2. The fourth-order valence-corrected chi connectivity index (χ4v) is 3.31. The van der Waals surface area contributed by atoms with Crippen molar-refractivity contribution in [2.24, 2.45) is 5.92 Å². The number of hydrogen-bond acceptors (Lipinski definition) is 3. The Hall–Kier alpha value is -2.04. The maximum Gasteiger partial charge on any atom is 0.410 e. The zero-order valence-corrected chi connectivity index (χ0v) is 16.2. The van der Waals surface area contributed by atoms with Gasteiger partial charge in [-0.25, -0.2) is 9.59 Å². The monoisotopic (exact) mass is 361 g/mol. The van der Waals surface area contributed by atoms with Crippen LogP contribution in [0.3, 0.4) is 0 Å². The third-order valence-electron chi connectivity index (χ3n) is 4.79. The Bertz CT molecular complexity index is 595. The lowest BCUT2D eigenvalue weighted by Crippen LogP contribution is -2.41. The lowest BCUT2D eigenvalue weighted by atomic mass is 9.91. The van der Waals surface area contributed by atoms with E-state index >= 15 is 0 Å². The predicted molar refractivity (Wildman–Crippen MR) is 101 cm³/mol. The summed E-state index contributed by atoms with van der Waals surface area (Å²) in [6.45, 7) is 7.26. The van der Waals surface area contributed by atoms with Crippen LogP contribution >= 0.6 is 0 Å². The third-order valence-corrected chi connectivity index (χ3v) is 4.79. The molecule has 0 atom stereocenters. The molecule has 0 bridgehead atoms. The van der Waals surface area contributed by atoms with E-state index in [4.69, 9.17) is 9.84 Å². The topological polar surface area (TPSA) is 66.8 Å². The van der Waals surface area contributed by atoms with Gasteiger partial charge in [0.15, 0.2) is 0 Å². The molecule has 1 saturated heterocycles.